The summed E-state index contributed by atoms with van der Waals surface area (Å²) in [7, 11) is 0. The molecule has 10 nitrogen and oxygen atoms in total. The zero-order valence-corrected chi connectivity index (χ0v) is 18.3. The molecule has 30 heavy (non-hydrogen) atoms. The summed E-state index contributed by atoms with van der Waals surface area (Å²) in [5.41, 5.74) is 11.7. The first kappa shape index (κ1) is 27.8. The lowest BCUT2D eigenvalue weighted by Crippen LogP contribution is -2.41. The third-order valence-corrected chi connectivity index (χ3v) is 4.94. The van der Waals surface area contributed by atoms with Crippen molar-refractivity contribution in [2.75, 3.05) is 6.61 Å². The van der Waals surface area contributed by atoms with Crippen molar-refractivity contribution in [1.82, 2.24) is 0 Å². The molecule has 0 aromatic carbocycles. The maximum absolute atomic E-state index is 12.2. The van der Waals surface area contributed by atoms with E-state index in [1.54, 1.807) is 6.92 Å². The lowest BCUT2D eigenvalue weighted by molar-refractivity contribution is -0.192. The van der Waals surface area contributed by atoms with E-state index in [1.807, 2.05) is 20.8 Å². The molecule has 0 spiro atoms. The van der Waals surface area contributed by atoms with Crippen LogP contribution in [0.2, 0.25) is 0 Å². The van der Waals surface area contributed by atoms with Crippen molar-refractivity contribution in [2.45, 2.75) is 84.6 Å². The Bertz CT molecular complexity index is 569. The largest absolute Gasteiger partial charge is 0.481 e. The predicted octanol–water partition coefficient (Wildman–Crippen LogP) is 1.33. The molecule has 0 heterocycles. The van der Waals surface area contributed by atoms with Gasteiger partial charge in [0, 0.05) is 12.8 Å². The van der Waals surface area contributed by atoms with Gasteiger partial charge in [-0.05, 0) is 18.3 Å². The van der Waals surface area contributed by atoms with Crippen LogP contribution in [0.5, 0.6) is 0 Å². The van der Waals surface area contributed by atoms with E-state index < -0.39 is 42.3 Å². The van der Waals surface area contributed by atoms with Crippen LogP contribution in [0.15, 0.2) is 0 Å². The van der Waals surface area contributed by atoms with Crippen LogP contribution in [0, 0.1) is 11.8 Å². The monoisotopic (exact) mass is 432 g/mol. The minimum atomic E-state index is -1.31. The SMILES string of the molecule is CCC(C)[C@H](N)C(=O)OCCC(OC(=O)CCCC(=O)O)OC(=O)[C@@H](N)C(C)CC. The Morgan fingerprint density at radius 3 is 1.90 bits per heavy atom. The number of esters is 3. The first-order valence-electron chi connectivity index (χ1n) is 10.3. The van der Waals surface area contributed by atoms with E-state index in [2.05, 4.69) is 0 Å². The summed E-state index contributed by atoms with van der Waals surface area (Å²) in [6.07, 6.45) is -0.306. The second kappa shape index (κ2) is 14.7. The summed E-state index contributed by atoms with van der Waals surface area (Å²) in [5, 5.41) is 8.64. The number of nitrogens with two attached hydrogens (primary N) is 2. The number of hydrogen-bond donors (Lipinski definition) is 3. The van der Waals surface area contributed by atoms with E-state index in [0.717, 1.165) is 0 Å². The second-order valence-corrected chi connectivity index (χ2v) is 7.38. The molecule has 0 bridgehead atoms. The van der Waals surface area contributed by atoms with Gasteiger partial charge in [0.2, 0.25) is 0 Å². The summed E-state index contributed by atoms with van der Waals surface area (Å²) < 4.78 is 15.4. The van der Waals surface area contributed by atoms with Crippen LogP contribution < -0.4 is 11.5 Å². The van der Waals surface area contributed by atoms with Crippen LogP contribution >= 0.6 is 0 Å². The molecular formula is C20H36N2O8. The summed E-state index contributed by atoms with van der Waals surface area (Å²) >= 11 is 0. The van der Waals surface area contributed by atoms with Crippen molar-refractivity contribution in [3.63, 3.8) is 0 Å². The van der Waals surface area contributed by atoms with Crippen molar-refractivity contribution in [3.8, 4) is 0 Å². The maximum Gasteiger partial charge on any atom is 0.326 e. The topological polar surface area (TPSA) is 168 Å². The molecule has 0 aromatic rings. The van der Waals surface area contributed by atoms with E-state index in [1.165, 1.54) is 0 Å². The Labute approximate surface area is 177 Å². The number of carbonyl (C=O) groups excluding carboxylic acids is 3. The smallest absolute Gasteiger partial charge is 0.326 e. The van der Waals surface area contributed by atoms with E-state index in [9.17, 15) is 19.2 Å². The van der Waals surface area contributed by atoms with Gasteiger partial charge in [-0.1, -0.05) is 40.5 Å². The molecule has 0 aliphatic carbocycles. The van der Waals surface area contributed by atoms with Crippen LogP contribution in [0.3, 0.4) is 0 Å². The average molecular weight is 433 g/mol. The second-order valence-electron chi connectivity index (χ2n) is 7.38. The molecule has 0 amide bonds. The van der Waals surface area contributed by atoms with E-state index in [4.69, 9.17) is 30.8 Å². The number of rotatable bonds is 15. The number of carboxylic acid groups (broad SMARTS) is 1. The van der Waals surface area contributed by atoms with Crippen molar-refractivity contribution in [2.24, 2.45) is 23.3 Å². The highest BCUT2D eigenvalue weighted by Crippen LogP contribution is 2.13. The summed E-state index contributed by atoms with van der Waals surface area (Å²) in [4.78, 5) is 46.7. The molecule has 5 N–H and O–H groups in total. The molecule has 10 heteroatoms. The minimum Gasteiger partial charge on any atom is -0.481 e. The zero-order valence-electron chi connectivity index (χ0n) is 18.3. The fraction of sp³-hybridized carbons (Fsp3) is 0.800. The van der Waals surface area contributed by atoms with Gasteiger partial charge in [0.05, 0.1) is 13.0 Å². The van der Waals surface area contributed by atoms with Gasteiger partial charge >= 0.3 is 23.9 Å². The third kappa shape index (κ3) is 11.1. The number of ether oxygens (including phenoxy) is 3. The molecule has 0 aliphatic rings. The van der Waals surface area contributed by atoms with Crippen LogP contribution in [-0.4, -0.2) is 54.0 Å². The molecule has 0 radical (unpaired) electrons. The average Bonchev–Trinajstić information content (AvgIpc) is 2.70. The standard InChI is InChI=1S/C20H36N2O8/c1-5-12(3)17(21)19(26)28-11-10-16(29-15(25)9-7-8-14(23)24)30-20(27)18(22)13(4)6-2/h12-13,16-18H,5-11,21-22H2,1-4H3,(H,23,24)/t12?,13?,16?,17-,18-/m0/s1. The van der Waals surface area contributed by atoms with E-state index in [0.29, 0.717) is 12.8 Å². The van der Waals surface area contributed by atoms with Crippen LogP contribution in [0.4, 0.5) is 0 Å². The minimum absolute atomic E-state index is 0.0632. The molecular weight excluding hydrogens is 396 g/mol. The van der Waals surface area contributed by atoms with Crippen molar-refractivity contribution >= 4 is 23.9 Å². The number of hydrogen-bond acceptors (Lipinski definition) is 9. The fourth-order valence-corrected chi connectivity index (χ4v) is 2.26. The quantitative estimate of drug-likeness (QED) is 0.253. The van der Waals surface area contributed by atoms with Gasteiger partial charge in [0.15, 0.2) is 0 Å². The van der Waals surface area contributed by atoms with E-state index >= 15 is 0 Å². The highest BCUT2D eigenvalue weighted by atomic mass is 16.7. The Kier molecular flexibility index (Phi) is 13.7. The summed E-state index contributed by atoms with van der Waals surface area (Å²) in [6.45, 7) is 7.21. The van der Waals surface area contributed by atoms with Crippen molar-refractivity contribution < 1.29 is 38.5 Å². The Balaban J connectivity index is 4.85. The fourth-order valence-electron chi connectivity index (χ4n) is 2.26. The maximum atomic E-state index is 12.2. The van der Waals surface area contributed by atoms with Gasteiger partial charge in [-0.3, -0.25) is 19.2 Å². The van der Waals surface area contributed by atoms with Crippen molar-refractivity contribution in [3.05, 3.63) is 0 Å². The zero-order chi connectivity index (χ0) is 23.3. The number of aliphatic carboxylic acids is 1. The molecule has 3 unspecified atom stereocenters. The molecule has 0 aromatic heterocycles. The van der Waals surface area contributed by atoms with Gasteiger partial charge in [0.25, 0.3) is 6.29 Å². The highest BCUT2D eigenvalue weighted by Gasteiger charge is 2.27. The number of carbonyl (C=O) groups is 4. The molecule has 0 fully saturated rings. The summed E-state index contributed by atoms with van der Waals surface area (Å²) in [5.74, 6) is -3.31. The first-order valence-corrected chi connectivity index (χ1v) is 10.3. The normalized spacial score (nSPS) is 15.9. The van der Waals surface area contributed by atoms with Crippen LogP contribution in [0.25, 0.3) is 0 Å². The van der Waals surface area contributed by atoms with Gasteiger partial charge in [-0.2, -0.15) is 0 Å². The molecule has 0 saturated heterocycles. The molecule has 0 saturated carbocycles. The van der Waals surface area contributed by atoms with Gasteiger partial charge in [-0.25, -0.2) is 0 Å². The van der Waals surface area contributed by atoms with Gasteiger partial charge in [-0.15, -0.1) is 0 Å². The molecule has 5 atom stereocenters. The number of carboxylic acids is 1. The lowest BCUT2D eigenvalue weighted by Gasteiger charge is -2.23. The van der Waals surface area contributed by atoms with Gasteiger partial charge in [0.1, 0.15) is 12.1 Å². The Morgan fingerprint density at radius 1 is 0.867 bits per heavy atom. The van der Waals surface area contributed by atoms with Crippen LogP contribution in [0.1, 0.15) is 66.2 Å². The highest BCUT2D eigenvalue weighted by molar-refractivity contribution is 5.77. The Morgan fingerprint density at radius 2 is 1.40 bits per heavy atom. The molecule has 0 aliphatic heterocycles. The van der Waals surface area contributed by atoms with Crippen molar-refractivity contribution in [1.29, 1.82) is 0 Å². The van der Waals surface area contributed by atoms with Crippen LogP contribution in [-0.2, 0) is 33.4 Å². The summed E-state index contributed by atoms with van der Waals surface area (Å²) in [6, 6.07) is -1.68. The van der Waals surface area contributed by atoms with E-state index in [-0.39, 0.29) is 44.1 Å². The first-order chi connectivity index (χ1) is 14.0. The molecule has 174 valence electrons. The Hall–Kier alpha value is -2.20. The van der Waals surface area contributed by atoms with Gasteiger partial charge < -0.3 is 30.8 Å². The molecule has 0 rings (SSSR count). The predicted molar refractivity (Wildman–Crippen MR) is 108 cm³/mol. The third-order valence-electron chi connectivity index (χ3n) is 4.94. The lowest BCUT2D eigenvalue weighted by atomic mass is 10.0.